The Hall–Kier alpha value is -4.07. The number of hydrogen-bond acceptors (Lipinski definition) is 6. The molecule has 1 aromatic heterocycles. The molecule has 0 saturated heterocycles. The summed E-state index contributed by atoms with van der Waals surface area (Å²) in [5.41, 5.74) is 2.72. The minimum Gasteiger partial charge on any atom is -0.475 e. The Morgan fingerprint density at radius 3 is 2.08 bits per heavy atom. The number of aromatic nitrogens is 2. The predicted molar refractivity (Wildman–Crippen MR) is 140 cm³/mol. The second-order valence-corrected chi connectivity index (χ2v) is 10.8. The summed E-state index contributed by atoms with van der Waals surface area (Å²) >= 11 is 0. The zero-order valence-corrected chi connectivity index (χ0v) is 22.0. The molecule has 194 valence electrons. The third-order valence-electron chi connectivity index (χ3n) is 5.56. The summed E-state index contributed by atoms with van der Waals surface area (Å²) in [6.45, 7) is 11.7. The van der Waals surface area contributed by atoms with Crippen molar-refractivity contribution in [2.24, 2.45) is 0 Å². The van der Waals surface area contributed by atoms with Gasteiger partial charge in [-0.05, 0) is 55.5 Å². The molecule has 3 aromatic rings. The maximum absolute atomic E-state index is 13.1. The van der Waals surface area contributed by atoms with E-state index in [1.165, 1.54) is 6.20 Å². The van der Waals surface area contributed by atoms with E-state index in [0.29, 0.717) is 22.4 Å². The van der Waals surface area contributed by atoms with Gasteiger partial charge in [-0.2, -0.15) is 0 Å². The number of hydrogen-bond donors (Lipinski definition) is 2. The fraction of sp³-hybridized carbons (Fsp3) is 0.345. The van der Waals surface area contributed by atoms with Gasteiger partial charge in [-0.15, -0.1) is 0 Å². The summed E-state index contributed by atoms with van der Waals surface area (Å²) in [6, 6.07) is 15.5. The molecule has 0 unspecified atom stereocenters. The van der Waals surface area contributed by atoms with E-state index in [-0.39, 0.29) is 23.6 Å². The molecule has 8 heteroatoms. The monoisotopic (exact) mass is 503 g/mol. The van der Waals surface area contributed by atoms with Crippen molar-refractivity contribution in [3.63, 3.8) is 0 Å². The van der Waals surface area contributed by atoms with Crippen molar-refractivity contribution in [3.8, 4) is 11.3 Å². The van der Waals surface area contributed by atoms with Crippen LogP contribution in [-0.2, 0) is 14.9 Å². The highest BCUT2D eigenvalue weighted by Gasteiger charge is 2.24. The quantitative estimate of drug-likeness (QED) is 0.418. The van der Waals surface area contributed by atoms with Crippen LogP contribution < -0.4 is 5.32 Å². The molecular formula is C29H33N3O5. The lowest BCUT2D eigenvalue weighted by Gasteiger charge is -2.24. The number of ether oxygens (including phenoxy) is 1. The summed E-state index contributed by atoms with van der Waals surface area (Å²) in [5.74, 6) is -2.25. The minimum atomic E-state index is -1.21. The number of esters is 1. The largest absolute Gasteiger partial charge is 0.475 e. The molecule has 8 nitrogen and oxygen atoms in total. The lowest BCUT2D eigenvalue weighted by atomic mass is 9.86. The molecule has 0 saturated carbocycles. The molecule has 0 aliphatic heterocycles. The Kier molecular flexibility index (Phi) is 8.11. The molecule has 1 atom stereocenters. The number of aromatic carboxylic acids is 1. The van der Waals surface area contributed by atoms with Crippen molar-refractivity contribution in [2.75, 3.05) is 0 Å². The van der Waals surface area contributed by atoms with Crippen molar-refractivity contribution >= 4 is 17.8 Å². The molecule has 0 radical (unpaired) electrons. The van der Waals surface area contributed by atoms with Crippen molar-refractivity contribution in [1.29, 1.82) is 0 Å². The average molecular weight is 504 g/mol. The Labute approximate surface area is 217 Å². The van der Waals surface area contributed by atoms with Gasteiger partial charge < -0.3 is 15.2 Å². The van der Waals surface area contributed by atoms with Crippen LogP contribution in [-0.4, -0.2) is 38.5 Å². The van der Waals surface area contributed by atoms with Crippen LogP contribution in [0.3, 0.4) is 0 Å². The van der Waals surface area contributed by atoms with E-state index in [1.54, 1.807) is 63.2 Å². The zero-order valence-electron chi connectivity index (χ0n) is 22.0. The molecule has 0 fully saturated rings. The van der Waals surface area contributed by atoms with Crippen LogP contribution in [0.5, 0.6) is 0 Å². The van der Waals surface area contributed by atoms with Gasteiger partial charge in [-0.3, -0.25) is 9.59 Å². The highest BCUT2D eigenvalue weighted by Crippen LogP contribution is 2.25. The number of amides is 1. The number of benzene rings is 2. The second kappa shape index (κ2) is 10.9. The van der Waals surface area contributed by atoms with Crippen LogP contribution >= 0.6 is 0 Å². The van der Waals surface area contributed by atoms with E-state index in [2.05, 4.69) is 36.1 Å². The molecule has 0 spiro atoms. The normalized spacial score (nSPS) is 12.5. The Bertz CT molecular complexity index is 1270. The van der Waals surface area contributed by atoms with Crippen LogP contribution in [0.1, 0.15) is 86.1 Å². The van der Waals surface area contributed by atoms with E-state index < -0.39 is 23.6 Å². The van der Waals surface area contributed by atoms with Crippen LogP contribution in [0.25, 0.3) is 11.3 Å². The summed E-state index contributed by atoms with van der Waals surface area (Å²) in [5, 5.41) is 12.1. The highest BCUT2D eigenvalue weighted by atomic mass is 16.6. The number of carbonyl (C=O) groups is 3. The first kappa shape index (κ1) is 27.5. The van der Waals surface area contributed by atoms with Gasteiger partial charge in [-0.25, -0.2) is 14.8 Å². The molecule has 37 heavy (non-hydrogen) atoms. The Balaban J connectivity index is 1.86. The Morgan fingerprint density at radius 2 is 1.54 bits per heavy atom. The van der Waals surface area contributed by atoms with Gasteiger partial charge in [0.25, 0.3) is 5.91 Å². The summed E-state index contributed by atoms with van der Waals surface area (Å²) in [6.07, 6.45) is 1.33. The summed E-state index contributed by atoms with van der Waals surface area (Å²) in [4.78, 5) is 44.8. The van der Waals surface area contributed by atoms with Gasteiger partial charge in [0, 0.05) is 17.3 Å². The van der Waals surface area contributed by atoms with E-state index in [0.717, 1.165) is 5.56 Å². The molecule has 1 heterocycles. The van der Waals surface area contributed by atoms with Gasteiger partial charge in [0.2, 0.25) is 5.82 Å². The van der Waals surface area contributed by atoms with Crippen LogP contribution in [0, 0.1) is 0 Å². The van der Waals surface area contributed by atoms with Crippen LogP contribution in [0.2, 0.25) is 0 Å². The first-order valence-electron chi connectivity index (χ1n) is 12.0. The molecule has 0 aliphatic carbocycles. The Morgan fingerprint density at radius 1 is 0.919 bits per heavy atom. The number of carboxylic acids is 1. The molecule has 0 aliphatic rings. The van der Waals surface area contributed by atoms with Gasteiger partial charge >= 0.3 is 11.9 Å². The second-order valence-electron chi connectivity index (χ2n) is 10.8. The standard InChI is InChI=1S/C29H33N3O5/c1-28(2,3)21-13-11-20(12-14-21)26(34)32-23(17-24(33)37-29(4,5)6)19-9-7-18(8-10-19)22-15-16-30-25(31-22)27(35)36/h7-16,23H,17H2,1-6H3,(H,32,34)(H,35,36)/t23-/m0/s1. The first-order chi connectivity index (χ1) is 17.2. The smallest absolute Gasteiger partial charge is 0.373 e. The number of nitrogens with zero attached hydrogens (tertiary/aromatic N) is 2. The number of carbonyl (C=O) groups excluding carboxylic acids is 2. The molecule has 3 rings (SSSR count). The third-order valence-corrected chi connectivity index (χ3v) is 5.56. The maximum atomic E-state index is 13.1. The number of rotatable bonds is 7. The van der Waals surface area contributed by atoms with Crippen LogP contribution in [0.4, 0.5) is 0 Å². The fourth-order valence-corrected chi connectivity index (χ4v) is 3.67. The lowest BCUT2D eigenvalue weighted by molar-refractivity contribution is -0.155. The number of nitrogens with one attached hydrogen (secondary N) is 1. The predicted octanol–water partition coefficient (Wildman–Crippen LogP) is 5.34. The lowest BCUT2D eigenvalue weighted by Crippen LogP contribution is -2.32. The molecule has 2 aromatic carbocycles. The van der Waals surface area contributed by atoms with E-state index in [4.69, 9.17) is 9.84 Å². The molecule has 0 bridgehead atoms. The third kappa shape index (κ3) is 7.70. The van der Waals surface area contributed by atoms with Gasteiger partial charge in [0.1, 0.15) is 5.60 Å². The average Bonchev–Trinajstić information content (AvgIpc) is 2.82. The van der Waals surface area contributed by atoms with Crippen molar-refractivity contribution in [2.45, 2.75) is 65.0 Å². The maximum Gasteiger partial charge on any atom is 0.373 e. The van der Waals surface area contributed by atoms with Gasteiger partial charge in [0.15, 0.2) is 0 Å². The fourth-order valence-electron chi connectivity index (χ4n) is 3.67. The van der Waals surface area contributed by atoms with Gasteiger partial charge in [0.05, 0.1) is 18.2 Å². The molecule has 1 amide bonds. The van der Waals surface area contributed by atoms with Crippen molar-refractivity contribution in [3.05, 3.63) is 83.3 Å². The SMILES string of the molecule is CC(C)(C)OC(=O)C[C@H](NC(=O)c1ccc(C(C)(C)C)cc1)c1ccc(-c2ccnc(C(=O)O)n2)cc1. The van der Waals surface area contributed by atoms with E-state index >= 15 is 0 Å². The van der Waals surface area contributed by atoms with E-state index in [1.807, 2.05) is 12.1 Å². The van der Waals surface area contributed by atoms with E-state index in [9.17, 15) is 14.4 Å². The minimum absolute atomic E-state index is 0.0368. The highest BCUT2D eigenvalue weighted by molar-refractivity contribution is 5.94. The summed E-state index contributed by atoms with van der Waals surface area (Å²) in [7, 11) is 0. The summed E-state index contributed by atoms with van der Waals surface area (Å²) < 4.78 is 5.50. The van der Waals surface area contributed by atoms with Crippen LogP contribution in [0.15, 0.2) is 60.8 Å². The topological polar surface area (TPSA) is 118 Å². The van der Waals surface area contributed by atoms with Gasteiger partial charge in [-0.1, -0.05) is 57.2 Å². The van der Waals surface area contributed by atoms with Crippen molar-refractivity contribution in [1.82, 2.24) is 15.3 Å². The number of carboxylic acid groups (broad SMARTS) is 1. The molecule has 2 N–H and O–H groups in total. The molecular weight excluding hydrogens is 470 g/mol. The van der Waals surface area contributed by atoms with Crippen molar-refractivity contribution < 1.29 is 24.2 Å². The first-order valence-corrected chi connectivity index (χ1v) is 12.0. The zero-order chi connectivity index (χ0) is 27.4.